The molecule has 4 aromatic rings. The maximum Gasteiger partial charge on any atom is 0.262 e. The van der Waals surface area contributed by atoms with Crippen LogP contribution in [0.15, 0.2) is 82.0 Å². The third-order valence-electron chi connectivity index (χ3n) is 4.76. The Morgan fingerprint density at radius 1 is 1.00 bits per heavy atom. The second-order valence-corrected chi connectivity index (χ2v) is 7.02. The number of hydrogen-bond acceptors (Lipinski definition) is 5. The number of nitrogens with one attached hydrogen (secondary N) is 1. The van der Waals surface area contributed by atoms with Gasteiger partial charge in [-0.2, -0.15) is 0 Å². The van der Waals surface area contributed by atoms with Crippen LogP contribution in [0.1, 0.15) is 5.56 Å². The number of para-hydroxylation sites is 1. The van der Waals surface area contributed by atoms with Gasteiger partial charge in [0, 0.05) is 11.3 Å². The van der Waals surface area contributed by atoms with Gasteiger partial charge in [-0.1, -0.05) is 24.3 Å². The third kappa shape index (κ3) is 4.43. The first kappa shape index (κ1) is 20.2. The molecule has 0 bridgehead atoms. The first-order valence-electron chi connectivity index (χ1n) is 9.75. The zero-order valence-electron chi connectivity index (χ0n) is 17.2. The smallest absolute Gasteiger partial charge is 0.262 e. The second-order valence-electron chi connectivity index (χ2n) is 7.02. The maximum absolute atomic E-state index is 13.2. The summed E-state index contributed by atoms with van der Waals surface area (Å²) in [6.07, 6.45) is 0. The van der Waals surface area contributed by atoms with Gasteiger partial charge in [0.15, 0.2) is 12.4 Å². The van der Waals surface area contributed by atoms with Gasteiger partial charge in [0.25, 0.3) is 5.91 Å². The summed E-state index contributed by atoms with van der Waals surface area (Å²) in [5.74, 6) is 0.547. The van der Waals surface area contributed by atoms with Crippen molar-refractivity contribution in [2.24, 2.45) is 0 Å². The van der Waals surface area contributed by atoms with E-state index in [2.05, 4.69) is 5.32 Å². The Kier molecular flexibility index (Phi) is 5.71. The Morgan fingerprint density at radius 3 is 2.45 bits per heavy atom. The Balaban J connectivity index is 1.71. The monoisotopic (exact) mass is 415 g/mol. The van der Waals surface area contributed by atoms with Crippen molar-refractivity contribution < 1.29 is 18.7 Å². The molecule has 0 saturated heterocycles. The molecule has 0 spiro atoms. The van der Waals surface area contributed by atoms with Crippen molar-refractivity contribution >= 4 is 22.6 Å². The van der Waals surface area contributed by atoms with Gasteiger partial charge in [-0.25, -0.2) is 0 Å². The molecule has 0 aliphatic carbocycles. The molecule has 6 nitrogen and oxygen atoms in total. The Labute approximate surface area is 179 Å². The summed E-state index contributed by atoms with van der Waals surface area (Å²) in [4.78, 5) is 25.5. The number of ether oxygens (including phenoxy) is 2. The molecule has 0 saturated carbocycles. The number of rotatable bonds is 6. The summed E-state index contributed by atoms with van der Waals surface area (Å²) < 4.78 is 17.0. The molecule has 0 fully saturated rings. The normalized spacial score (nSPS) is 10.6. The van der Waals surface area contributed by atoms with E-state index in [0.29, 0.717) is 28.0 Å². The predicted molar refractivity (Wildman–Crippen MR) is 120 cm³/mol. The largest absolute Gasteiger partial charge is 0.497 e. The van der Waals surface area contributed by atoms with E-state index in [0.717, 1.165) is 5.56 Å². The van der Waals surface area contributed by atoms with Crippen LogP contribution in [0.2, 0.25) is 0 Å². The number of carbonyl (C=O) groups excluding carboxylic acids is 1. The number of anilines is 1. The molecule has 6 heteroatoms. The van der Waals surface area contributed by atoms with E-state index >= 15 is 0 Å². The number of benzene rings is 3. The molecule has 3 aromatic carbocycles. The molecule has 1 N–H and O–H groups in total. The number of amides is 1. The molecule has 1 heterocycles. The Hall–Kier alpha value is -4.06. The van der Waals surface area contributed by atoms with Crippen LogP contribution >= 0.6 is 0 Å². The summed E-state index contributed by atoms with van der Waals surface area (Å²) in [5, 5.41) is 3.13. The molecule has 1 amide bonds. The minimum Gasteiger partial charge on any atom is -0.497 e. The Bertz CT molecular complexity index is 1280. The van der Waals surface area contributed by atoms with Crippen LogP contribution in [0.25, 0.3) is 22.3 Å². The van der Waals surface area contributed by atoms with E-state index in [1.165, 1.54) is 0 Å². The van der Waals surface area contributed by atoms with Gasteiger partial charge in [0.1, 0.15) is 11.3 Å². The molecule has 0 aliphatic heterocycles. The van der Waals surface area contributed by atoms with Crippen molar-refractivity contribution in [1.29, 1.82) is 0 Å². The van der Waals surface area contributed by atoms with Crippen LogP contribution in [-0.4, -0.2) is 19.6 Å². The maximum atomic E-state index is 13.2. The first-order valence-corrected chi connectivity index (χ1v) is 9.75. The lowest BCUT2D eigenvalue weighted by Crippen LogP contribution is -2.22. The van der Waals surface area contributed by atoms with Crippen LogP contribution in [0.3, 0.4) is 0 Å². The number of carbonyl (C=O) groups is 1. The van der Waals surface area contributed by atoms with E-state index in [-0.39, 0.29) is 29.5 Å². The van der Waals surface area contributed by atoms with E-state index in [4.69, 9.17) is 13.9 Å². The standard InChI is InChI=1S/C25H21NO5/c1-16-8-13-20-21(14-16)31-24(17-9-11-19(29-2)12-10-17)25(23(20)28)30-15-22(27)26-18-6-4-3-5-7-18/h3-14H,15H2,1-2H3,(H,26,27). The van der Waals surface area contributed by atoms with Crippen LogP contribution in [0.4, 0.5) is 5.69 Å². The topological polar surface area (TPSA) is 77.8 Å². The highest BCUT2D eigenvalue weighted by molar-refractivity contribution is 5.92. The average molecular weight is 415 g/mol. The highest BCUT2D eigenvalue weighted by Crippen LogP contribution is 2.32. The SMILES string of the molecule is COc1ccc(-c2oc3cc(C)ccc3c(=O)c2OCC(=O)Nc2ccccc2)cc1. The summed E-state index contributed by atoms with van der Waals surface area (Å²) in [6.45, 7) is 1.59. The summed E-state index contributed by atoms with van der Waals surface area (Å²) >= 11 is 0. The molecular weight excluding hydrogens is 394 g/mol. The van der Waals surface area contributed by atoms with E-state index in [1.54, 1.807) is 55.6 Å². The average Bonchev–Trinajstić information content (AvgIpc) is 2.79. The summed E-state index contributed by atoms with van der Waals surface area (Å²) in [7, 11) is 1.58. The lowest BCUT2D eigenvalue weighted by atomic mass is 10.1. The fourth-order valence-electron chi connectivity index (χ4n) is 3.20. The zero-order chi connectivity index (χ0) is 21.8. The number of aryl methyl sites for hydroxylation is 1. The number of fused-ring (bicyclic) bond motifs is 1. The number of methoxy groups -OCH3 is 1. The molecular formula is C25H21NO5. The van der Waals surface area contributed by atoms with Crippen molar-refractivity contribution in [2.75, 3.05) is 19.0 Å². The fourth-order valence-corrected chi connectivity index (χ4v) is 3.20. The van der Waals surface area contributed by atoms with E-state index < -0.39 is 0 Å². The van der Waals surface area contributed by atoms with Gasteiger partial charge in [-0.05, 0) is 61.0 Å². The van der Waals surface area contributed by atoms with Crippen LogP contribution in [-0.2, 0) is 4.79 Å². The van der Waals surface area contributed by atoms with Gasteiger partial charge in [-0.15, -0.1) is 0 Å². The molecule has 0 aliphatic rings. The van der Waals surface area contributed by atoms with Crippen molar-refractivity contribution in [1.82, 2.24) is 0 Å². The second kappa shape index (κ2) is 8.75. The van der Waals surface area contributed by atoms with Crippen LogP contribution in [0, 0.1) is 6.92 Å². The minimum absolute atomic E-state index is 0.00951. The first-order chi connectivity index (χ1) is 15.0. The quantitative estimate of drug-likeness (QED) is 0.490. The van der Waals surface area contributed by atoms with E-state index in [1.807, 2.05) is 31.2 Å². The molecule has 0 atom stereocenters. The fraction of sp³-hybridized carbons (Fsp3) is 0.120. The van der Waals surface area contributed by atoms with Gasteiger partial charge < -0.3 is 19.2 Å². The summed E-state index contributed by atoms with van der Waals surface area (Å²) in [5.41, 5.74) is 2.37. The van der Waals surface area contributed by atoms with Gasteiger partial charge in [0.2, 0.25) is 11.2 Å². The lowest BCUT2D eigenvalue weighted by molar-refractivity contribution is -0.118. The van der Waals surface area contributed by atoms with Crippen molar-refractivity contribution in [3.8, 4) is 22.8 Å². The minimum atomic E-state index is -0.379. The van der Waals surface area contributed by atoms with Gasteiger partial charge in [0.05, 0.1) is 12.5 Å². The zero-order valence-corrected chi connectivity index (χ0v) is 17.2. The Morgan fingerprint density at radius 2 is 1.74 bits per heavy atom. The number of hydrogen-bond donors (Lipinski definition) is 1. The van der Waals surface area contributed by atoms with Crippen LogP contribution in [0.5, 0.6) is 11.5 Å². The lowest BCUT2D eigenvalue weighted by Gasteiger charge is -2.12. The molecule has 0 unspecified atom stereocenters. The van der Waals surface area contributed by atoms with Crippen molar-refractivity contribution in [2.45, 2.75) is 6.92 Å². The predicted octanol–water partition coefficient (Wildman–Crippen LogP) is 4.79. The van der Waals surface area contributed by atoms with Crippen LogP contribution < -0.4 is 20.2 Å². The van der Waals surface area contributed by atoms with Gasteiger partial charge in [-0.3, -0.25) is 9.59 Å². The van der Waals surface area contributed by atoms with E-state index in [9.17, 15) is 9.59 Å². The van der Waals surface area contributed by atoms with Crippen molar-refractivity contribution in [3.05, 3.63) is 88.6 Å². The summed E-state index contributed by atoms with van der Waals surface area (Å²) in [6, 6.07) is 21.4. The molecule has 1 aromatic heterocycles. The molecule has 0 radical (unpaired) electrons. The molecule has 4 rings (SSSR count). The van der Waals surface area contributed by atoms with Crippen molar-refractivity contribution in [3.63, 3.8) is 0 Å². The van der Waals surface area contributed by atoms with Gasteiger partial charge >= 0.3 is 0 Å². The molecule has 156 valence electrons. The third-order valence-corrected chi connectivity index (χ3v) is 4.76. The highest BCUT2D eigenvalue weighted by atomic mass is 16.5. The highest BCUT2D eigenvalue weighted by Gasteiger charge is 2.19. The molecule has 31 heavy (non-hydrogen) atoms.